The summed E-state index contributed by atoms with van der Waals surface area (Å²) in [5.74, 6) is -0.316. The van der Waals surface area contributed by atoms with Crippen molar-refractivity contribution in [3.05, 3.63) is 52.1 Å². The number of hydrogen-bond donors (Lipinski definition) is 2. The second-order valence-corrected chi connectivity index (χ2v) is 6.44. The smallest absolute Gasteiger partial charge is 0.263 e. The number of benzene rings is 1. The molecule has 3 heterocycles. The summed E-state index contributed by atoms with van der Waals surface area (Å²) in [4.78, 5) is 17.9. The molecule has 8 heteroatoms. The average molecular weight is 368 g/mol. The van der Waals surface area contributed by atoms with Gasteiger partial charge in [-0.3, -0.25) is 9.36 Å². The zero-order chi connectivity index (χ0) is 16.0. The molecule has 1 aromatic carbocycles. The molecular formula is C16H15ClFN3O2S. The summed E-state index contributed by atoms with van der Waals surface area (Å²) in [6.45, 7) is 0.994. The largest absolute Gasteiger partial charge is 0.390 e. The molecule has 2 aromatic heterocycles. The van der Waals surface area contributed by atoms with Crippen LogP contribution >= 0.6 is 23.7 Å². The van der Waals surface area contributed by atoms with E-state index in [9.17, 15) is 14.3 Å². The minimum atomic E-state index is -0.611. The number of fused-ring (bicyclic) bond motifs is 1. The standard InChI is InChI=1S/C16H14FN3O2S.ClH/c17-10-3-1-9(2-4-10)11-7-23-15-14(11)16(22)20(8-19-15)12-5-18-6-13(12)21;/h1-4,7-8,12-13,18,21H,5-6H2;1H/t12-,13-;/m1./s1. The Labute approximate surface area is 147 Å². The predicted molar refractivity (Wildman–Crippen MR) is 94.4 cm³/mol. The van der Waals surface area contributed by atoms with Crippen LogP contribution in [-0.4, -0.2) is 33.9 Å². The Kier molecular flexibility index (Phi) is 4.69. The molecule has 3 aromatic rings. The van der Waals surface area contributed by atoms with E-state index in [4.69, 9.17) is 0 Å². The van der Waals surface area contributed by atoms with Crippen LogP contribution in [0.1, 0.15) is 6.04 Å². The number of thiophene rings is 1. The minimum absolute atomic E-state index is 0. The number of β-amino-alcohol motifs (C(OH)–C–C–N with tert-alkyl or cyclic N) is 1. The lowest BCUT2D eigenvalue weighted by molar-refractivity contribution is 0.149. The molecule has 0 unspecified atom stereocenters. The maximum Gasteiger partial charge on any atom is 0.263 e. The summed E-state index contributed by atoms with van der Waals surface area (Å²) in [5, 5.41) is 15.5. The van der Waals surface area contributed by atoms with Crippen LogP contribution in [0.3, 0.4) is 0 Å². The summed E-state index contributed by atoms with van der Waals surface area (Å²) in [7, 11) is 0. The van der Waals surface area contributed by atoms with Crippen LogP contribution in [0, 0.1) is 5.82 Å². The molecule has 1 saturated heterocycles. The van der Waals surface area contributed by atoms with Gasteiger partial charge in [-0.15, -0.1) is 23.7 Å². The van der Waals surface area contributed by atoms with Crippen molar-refractivity contribution in [3.63, 3.8) is 0 Å². The monoisotopic (exact) mass is 367 g/mol. The molecule has 2 N–H and O–H groups in total. The number of halogens is 2. The molecule has 0 aliphatic carbocycles. The van der Waals surface area contributed by atoms with Crippen LogP contribution in [0.15, 0.2) is 40.8 Å². The van der Waals surface area contributed by atoms with Crippen molar-refractivity contribution in [3.8, 4) is 11.1 Å². The fourth-order valence-electron chi connectivity index (χ4n) is 2.96. The lowest BCUT2D eigenvalue weighted by Crippen LogP contribution is -2.31. The molecule has 1 aliphatic rings. The number of rotatable bonds is 2. The molecule has 0 amide bonds. The number of hydrogen-bond acceptors (Lipinski definition) is 5. The zero-order valence-electron chi connectivity index (χ0n) is 12.5. The number of aliphatic hydroxyl groups is 1. The number of nitrogens with zero attached hydrogens (tertiary/aromatic N) is 2. The van der Waals surface area contributed by atoms with Crippen LogP contribution in [-0.2, 0) is 0 Å². The fraction of sp³-hybridized carbons (Fsp3) is 0.250. The van der Waals surface area contributed by atoms with Gasteiger partial charge in [0.1, 0.15) is 10.6 Å². The van der Waals surface area contributed by atoms with Gasteiger partial charge in [-0.25, -0.2) is 9.37 Å². The molecule has 5 nitrogen and oxygen atoms in total. The first-order valence-electron chi connectivity index (χ1n) is 7.28. The lowest BCUT2D eigenvalue weighted by atomic mass is 10.1. The first kappa shape index (κ1) is 17.0. The van der Waals surface area contributed by atoms with Gasteiger partial charge in [0, 0.05) is 24.0 Å². The van der Waals surface area contributed by atoms with Gasteiger partial charge >= 0.3 is 0 Å². The zero-order valence-corrected chi connectivity index (χ0v) is 14.1. The number of aliphatic hydroxyl groups excluding tert-OH is 1. The maximum atomic E-state index is 13.1. The van der Waals surface area contributed by atoms with Gasteiger partial charge in [0.15, 0.2) is 0 Å². The van der Waals surface area contributed by atoms with E-state index in [1.807, 2.05) is 5.38 Å². The molecule has 0 spiro atoms. The van der Waals surface area contributed by atoms with Gasteiger partial charge in [-0.05, 0) is 17.7 Å². The van der Waals surface area contributed by atoms with Crippen molar-refractivity contribution in [1.29, 1.82) is 0 Å². The quantitative estimate of drug-likeness (QED) is 0.728. The van der Waals surface area contributed by atoms with E-state index >= 15 is 0 Å². The Morgan fingerprint density at radius 3 is 2.71 bits per heavy atom. The van der Waals surface area contributed by atoms with Crippen molar-refractivity contribution >= 4 is 34.0 Å². The maximum absolute atomic E-state index is 13.1. The van der Waals surface area contributed by atoms with E-state index in [1.165, 1.54) is 34.4 Å². The van der Waals surface area contributed by atoms with E-state index in [0.717, 1.165) is 11.1 Å². The Morgan fingerprint density at radius 2 is 2.04 bits per heavy atom. The number of aromatic nitrogens is 2. The second-order valence-electron chi connectivity index (χ2n) is 5.59. The summed E-state index contributed by atoms with van der Waals surface area (Å²) in [5.41, 5.74) is 1.35. The third kappa shape index (κ3) is 2.73. The van der Waals surface area contributed by atoms with E-state index in [1.54, 1.807) is 12.1 Å². The highest BCUT2D eigenvalue weighted by atomic mass is 35.5. The second kappa shape index (κ2) is 6.60. The molecule has 0 saturated carbocycles. The van der Waals surface area contributed by atoms with Gasteiger partial charge < -0.3 is 10.4 Å². The molecule has 126 valence electrons. The predicted octanol–water partition coefficient (Wildman–Crippen LogP) is 2.19. The van der Waals surface area contributed by atoms with E-state index < -0.39 is 6.10 Å². The third-order valence-electron chi connectivity index (χ3n) is 4.18. The van der Waals surface area contributed by atoms with E-state index in [-0.39, 0.29) is 29.8 Å². The minimum Gasteiger partial charge on any atom is -0.390 e. The summed E-state index contributed by atoms with van der Waals surface area (Å²) in [6, 6.07) is 5.73. The molecular weight excluding hydrogens is 353 g/mol. The summed E-state index contributed by atoms with van der Waals surface area (Å²) < 4.78 is 14.6. The van der Waals surface area contributed by atoms with Crippen molar-refractivity contribution in [1.82, 2.24) is 14.9 Å². The fourth-order valence-corrected chi connectivity index (χ4v) is 3.87. The van der Waals surface area contributed by atoms with Crippen molar-refractivity contribution in [2.24, 2.45) is 0 Å². The van der Waals surface area contributed by atoms with Gasteiger partial charge in [0.2, 0.25) is 0 Å². The topological polar surface area (TPSA) is 67.2 Å². The molecule has 0 bridgehead atoms. The third-order valence-corrected chi connectivity index (χ3v) is 5.07. The highest BCUT2D eigenvalue weighted by molar-refractivity contribution is 7.17. The average Bonchev–Trinajstić information content (AvgIpc) is 3.15. The van der Waals surface area contributed by atoms with Crippen LogP contribution in [0.25, 0.3) is 21.3 Å². The molecule has 24 heavy (non-hydrogen) atoms. The highest BCUT2D eigenvalue weighted by Crippen LogP contribution is 2.31. The first-order chi connectivity index (χ1) is 11.1. The van der Waals surface area contributed by atoms with Crippen LogP contribution < -0.4 is 10.9 Å². The van der Waals surface area contributed by atoms with Gasteiger partial charge in [0.25, 0.3) is 5.56 Å². The summed E-state index contributed by atoms with van der Waals surface area (Å²) in [6.07, 6.45) is 0.885. The van der Waals surface area contributed by atoms with Crippen LogP contribution in [0.5, 0.6) is 0 Å². The SMILES string of the molecule is Cl.O=c1c2c(-c3ccc(F)cc3)csc2ncn1[C@@H]1CNC[C@H]1O. The van der Waals surface area contributed by atoms with Crippen LogP contribution in [0.4, 0.5) is 4.39 Å². The van der Waals surface area contributed by atoms with Crippen molar-refractivity contribution in [2.75, 3.05) is 13.1 Å². The highest BCUT2D eigenvalue weighted by Gasteiger charge is 2.28. The first-order valence-corrected chi connectivity index (χ1v) is 8.16. The van der Waals surface area contributed by atoms with E-state index in [2.05, 4.69) is 10.3 Å². The Morgan fingerprint density at radius 1 is 1.29 bits per heavy atom. The normalized spacial score (nSPS) is 20.2. The number of nitrogens with one attached hydrogen (secondary N) is 1. The van der Waals surface area contributed by atoms with Gasteiger partial charge in [-0.2, -0.15) is 0 Å². The van der Waals surface area contributed by atoms with Gasteiger partial charge in [-0.1, -0.05) is 12.1 Å². The molecule has 2 atom stereocenters. The molecule has 0 radical (unpaired) electrons. The van der Waals surface area contributed by atoms with Crippen molar-refractivity contribution < 1.29 is 9.50 Å². The van der Waals surface area contributed by atoms with E-state index in [0.29, 0.717) is 23.3 Å². The molecule has 4 rings (SSSR count). The Bertz CT molecular complexity index is 925. The van der Waals surface area contributed by atoms with Crippen LogP contribution in [0.2, 0.25) is 0 Å². The van der Waals surface area contributed by atoms with Gasteiger partial charge in [0.05, 0.1) is 23.9 Å². The van der Waals surface area contributed by atoms with Crippen molar-refractivity contribution in [2.45, 2.75) is 12.1 Å². The Balaban J connectivity index is 0.00000169. The molecule has 1 fully saturated rings. The summed E-state index contributed by atoms with van der Waals surface area (Å²) >= 11 is 1.38. The Hall–Kier alpha value is -1.80. The lowest BCUT2D eigenvalue weighted by Gasteiger charge is -2.16. The molecule has 1 aliphatic heterocycles.